The minimum absolute atomic E-state index is 0.437. The molecule has 0 saturated heterocycles. The number of hydrogen-bond donors (Lipinski definition) is 1. The highest BCUT2D eigenvalue weighted by Crippen LogP contribution is 2.24. The Labute approximate surface area is 128 Å². The third kappa shape index (κ3) is 3.94. The molecule has 1 aromatic heterocycles. The molecular weight excluding hydrogens is 258 g/mol. The summed E-state index contributed by atoms with van der Waals surface area (Å²) in [4.78, 5) is 0. The van der Waals surface area contributed by atoms with Crippen molar-refractivity contribution in [2.24, 2.45) is 0 Å². The minimum Gasteiger partial charge on any atom is -0.310 e. The maximum absolute atomic E-state index is 4.43. The lowest BCUT2D eigenvalue weighted by molar-refractivity contribution is 0.518. The van der Waals surface area contributed by atoms with Crippen molar-refractivity contribution >= 4 is 0 Å². The summed E-state index contributed by atoms with van der Waals surface area (Å²) in [7, 11) is 0. The van der Waals surface area contributed by atoms with Gasteiger partial charge in [-0.1, -0.05) is 39.0 Å². The summed E-state index contributed by atoms with van der Waals surface area (Å²) in [6.45, 7) is 8.67. The maximum atomic E-state index is 4.43. The van der Waals surface area contributed by atoms with E-state index in [9.17, 15) is 0 Å². The van der Waals surface area contributed by atoms with Gasteiger partial charge in [0.2, 0.25) is 0 Å². The number of aromatic nitrogens is 2. The largest absolute Gasteiger partial charge is 0.310 e. The molecule has 0 aliphatic carbocycles. The van der Waals surface area contributed by atoms with Crippen LogP contribution in [-0.4, -0.2) is 16.3 Å². The van der Waals surface area contributed by atoms with E-state index in [0.717, 1.165) is 25.9 Å². The first kappa shape index (κ1) is 15.8. The zero-order chi connectivity index (χ0) is 15.1. The van der Waals surface area contributed by atoms with E-state index in [1.165, 1.54) is 23.2 Å². The van der Waals surface area contributed by atoms with Gasteiger partial charge in [0.25, 0.3) is 0 Å². The summed E-state index contributed by atoms with van der Waals surface area (Å²) in [5.74, 6) is 0. The molecule has 0 amide bonds. The highest BCUT2D eigenvalue weighted by molar-refractivity contribution is 5.60. The summed E-state index contributed by atoms with van der Waals surface area (Å²) < 4.78 is 2.10. The lowest BCUT2D eigenvalue weighted by Crippen LogP contribution is -2.21. The van der Waals surface area contributed by atoms with Gasteiger partial charge in [-0.05, 0) is 43.5 Å². The molecule has 0 saturated carbocycles. The van der Waals surface area contributed by atoms with Gasteiger partial charge < -0.3 is 5.32 Å². The predicted octanol–water partition coefficient (Wildman–Crippen LogP) is 4.41. The SMILES string of the molecule is CCCNC(CC)c1cccc(-c2ccnn2CCC)c1. The molecule has 0 spiro atoms. The van der Waals surface area contributed by atoms with Crippen LogP contribution in [0.4, 0.5) is 0 Å². The van der Waals surface area contributed by atoms with E-state index in [4.69, 9.17) is 0 Å². The molecule has 2 rings (SSSR count). The van der Waals surface area contributed by atoms with Crippen molar-refractivity contribution < 1.29 is 0 Å². The highest BCUT2D eigenvalue weighted by atomic mass is 15.3. The van der Waals surface area contributed by atoms with Crippen molar-refractivity contribution in [1.82, 2.24) is 15.1 Å². The highest BCUT2D eigenvalue weighted by Gasteiger charge is 2.11. The van der Waals surface area contributed by atoms with Crippen LogP contribution in [0.1, 0.15) is 51.6 Å². The van der Waals surface area contributed by atoms with Crippen LogP contribution < -0.4 is 5.32 Å². The number of nitrogens with one attached hydrogen (secondary N) is 1. The van der Waals surface area contributed by atoms with Crippen LogP contribution >= 0.6 is 0 Å². The smallest absolute Gasteiger partial charge is 0.0682 e. The summed E-state index contributed by atoms with van der Waals surface area (Å²) in [5.41, 5.74) is 3.84. The topological polar surface area (TPSA) is 29.9 Å². The molecule has 1 heterocycles. The second kappa shape index (κ2) is 7.99. The number of rotatable bonds is 8. The van der Waals surface area contributed by atoms with Gasteiger partial charge in [-0.3, -0.25) is 4.68 Å². The van der Waals surface area contributed by atoms with Crippen LogP contribution in [0, 0.1) is 0 Å². The van der Waals surface area contributed by atoms with Crippen molar-refractivity contribution in [2.45, 2.75) is 52.6 Å². The quantitative estimate of drug-likeness (QED) is 0.778. The standard InChI is InChI=1S/C18H27N3/c1-4-11-19-17(6-3)15-8-7-9-16(14-15)18-10-12-20-21(18)13-5-2/h7-10,12,14,17,19H,4-6,11,13H2,1-3H3. The third-order valence-corrected chi connectivity index (χ3v) is 3.79. The number of benzene rings is 1. The van der Waals surface area contributed by atoms with E-state index in [2.05, 4.69) is 66.2 Å². The van der Waals surface area contributed by atoms with Crippen LogP contribution in [0.2, 0.25) is 0 Å². The molecule has 114 valence electrons. The van der Waals surface area contributed by atoms with Crippen LogP contribution in [0.25, 0.3) is 11.3 Å². The summed E-state index contributed by atoms with van der Waals surface area (Å²) >= 11 is 0. The lowest BCUT2D eigenvalue weighted by atomic mass is 10.0. The molecule has 0 fully saturated rings. The van der Waals surface area contributed by atoms with Crippen LogP contribution in [0.3, 0.4) is 0 Å². The molecule has 1 aromatic carbocycles. The number of aryl methyl sites for hydroxylation is 1. The first-order chi connectivity index (χ1) is 10.3. The zero-order valence-electron chi connectivity index (χ0n) is 13.5. The molecule has 3 nitrogen and oxygen atoms in total. The fourth-order valence-electron chi connectivity index (χ4n) is 2.70. The van der Waals surface area contributed by atoms with E-state index in [1.54, 1.807) is 0 Å². The molecule has 2 aromatic rings. The molecular formula is C18H27N3. The second-order valence-electron chi connectivity index (χ2n) is 5.48. The van der Waals surface area contributed by atoms with Crippen molar-refractivity contribution in [3.63, 3.8) is 0 Å². The Hall–Kier alpha value is -1.61. The number of nitrogens with zero attached hydrogens (tertiary/aromatic N) is 2. The molecule has 0 aliphatic heterocycles. The molecule has 21 heavy (non-hydrogen) atoms. The molecule has 1 atom stereocenters. The fraction of sp³-hybridized carbons (Fsp3) is 0.500. The normalized spacial score (nSPS) is 12.5. The molecule has 0 bridgehead atoms. The summed E-state index contributed by atoms with van der Waals surface area (Å²) in [6.07, 6.45) is 5.27. The van der Waals surface area contributed by atoms with Gasteiger partial charge in [-0.2, -0.15) is 5.10 Å². The summed E-state index contributed by atoms with van der Waals surface area (Å²) in [5, 5.41) is 8.05. The van der Waals surface area contributed by atoms with E-state index >= 15 is 0 Å². The Morgan fingerprint density at radius 3 is 2.71 bits per heavy atom. The molecule has 0 aliphatic rings. The van der Waals surface area contributed by atoms with Crippen molar-refractivity contribution in [3.8, 4) is 11.3 Å². The Morgan fingerprint density at radius 1 is 1.14 bits per heavy atom. The monoisotopic (exact) mass is 285 g/mol. The van der Waals surface area contributed by atoms with Crippen LogP contribution in [0.15, 0.2) is 36.5 Å². The van der Waals surface area contributed by atoms with E-state index in [0.29, 0.717) is 6.04 Å². The first-order valence-electron chi connectivity index (χ1n) is 8.15. The van der Waals surface area contributed by atoms with E-state index < -0.39 is 0 Å². The zero-order valence-corrected chi connectivity index (χ0v) is 13.5. The van der Waals surface area contributed by atoms with E-state index in [1.807, 2.05) is 6.20 Å². The van der Waals surface area contributed by atoms with Gasteiger partial charge in [-0.25, -0.2) is 0 Å². The Kier molecular flexibility index (Phi) is 6.00. The van der Waals surface area contributed by atoms with Crippen molar-refractivity contribution in [2.75, 3.05) is 6.54 Å². The average Bonchev–Trinajstić information content (AvgIpc) is 2.97. The second-order valence-corrected chi connectivity index (χ2v) is 5.48. The van der Waals surface area contributed by atoms with Crippen molar-refractivity contribution in [1.29, 1.82) is 0 Å². The Balaban J connectivity index is 2.25. The first-order valence-corrected chi connectivity index (χ1v) is 8.15. The third-order valence-electron chi connectivity index (χ3n) is 3.79. The lowest BCUT2D eigenvalue weighted by Gasteiger charge is -2.18. The molecule has 1 N–H and O–H groups in total. The maximum Gasteiger partial charge on any atom is 0.0682 e. The molecule has 0 radical (unpaired) electrons. The van der Waals surface area contributed by atoms with E-state index in [-0.39, 0.29) is 0 Å². The van der Waals surface area contributed by atoms with Gasteiger partial charge >= 0.3 is 0 Å². The summed E-state index contributed by atoms with van der Waals surface area (Å²) in [6, 6.07) is 11.4. The Bertz CT molecular complexity index is 545. The van der Waals surface area contributed by atoms with Crippen LogP contribution in [-0.2, 0) is 6.54 Å². The molecule has 1 unspecified atom stereocenters. The van der Waals surface area contributed by atoms with Gasteiger partial charge in [0.1, 0.15) is 0 Å². The van der Waals surface area contributed by atoms with Gasteiger partial charge in [0, 0.05) is 24.3 Å². The average molecular weight is 285 g/mol. The van der Waals surface area contributed by atoms with Gasteiger partial charge in [0.05, 0.1) is 5.69 Å². The van der Waals surface area contributed by atoms with Gasteiger partial charge in [0.15, 0.2) is 0 Å². The number of hydrogen-bond acceptors (Lipinski definition) is 2. The predicted molar refractivity (Wildman–Crippen MR) is 89.3 cm³/mol. The minimum atomic E-state index is 0.437. The molecule has 3 heteroatoms. The van der Waals surface area contributed by atoms with Crippen LogP contribution in [0.5, 0.6) is 0 Å². The Morgan fingerprint density at radius 2 is 2.00 bits per heavy atom. The fourth-order valence-corrected chi connectivity index (χ4v) is 2.70. The van der Waals surface area contributed by atoms with Gasteiger partial charge in [-0.15, -0.1) is 0 Å². The van der Waals surface area contributed by atoms with Crippen molar-refractivity contribution in [3.05, 3.63) is 42.1 Å².